The van der Waals surface area contributed by atoms with Gasteiger partial charge in [-0.2, -0.15) is 0 Å². The van der Waals surface area contributed by atoms with Crippen molar-refractivity contribution in [3.63, 3.8) is 0 Å². The van der Waals surface area contributed by atoms with Crippen LogP contribution in [0, 0.1) is 5.92 Å². The molecule has 1 rings (SSSR count). The van der Waals surface area contributed by atoms with Crippen molar-refractivity contribution in [2.24, 2.45) is 5.92 Å². The van der Waals surface area contributed by atoms with E-state index in [2.05, 4.69) is 5.32 Å². The normalized spacial score (nSPS) is 13.8. The van der Waals surface area contributed by atoms with Gasteiger partial charge in [0.1, 0.15) is 6.04 Å². The third-order valence-corrected chi connectivity index (χ3v) is 4.18. The van der Waals surface area contributed by atoms with Crippen molar-refractivity contribution in [3.05, 3.63) is 29.3 Å². The molecular weight excluding hydrogens is 310 g/mol. The molecule has 0 radical (unpaired) electrons. The molecule has 2 N–H and O–H groups in total. The predicted octanol–water partition coefficient (Wildman–Crippen LogP) is 3.44. The van der Waals surface area contributed by atoms with E-state index >= 15 is 0 Å². The number of amides is 1. The van der Waals surface area contributed by atoms with Crippen molar-refractivity contribution in [3.8, 4) is 0 Å². The van der Waals surface area contributed by atoms with Crippen LogP contribution in [0.1, 0.15) is 27.2 Å². The largest absolute Gasteiger partial charge is 0.480 e. The van der Waals surface area contributed by atoms with E-state index < -0.39 is 12.0 Å². The molecule has 4 nitrogen and oxygen atoms in total. The number of carboxylic acid groups (broad SMARTS) is 1. The maximum absolute atomic E-state index is 12.1. The smallest absolute Gasteiger partial charge is 0.326 e. The van der Waals surface area contributed by atoms with Crippen molar-refractivity contribution >= 4 is 35.2 Å². The Morgan fingerprint density at radius 1 is 1.24 bits per heavy atom. The highest BCUT2D eigenvalue weighted by molar-refractivity contribution is 8.00. The number of carbonyl (C=O) groups excluding carboxylic acids is 1. The summed E-state index contributed by atoms with van der Waals surface area (Å²) in [5.74, 6) is -1.07. The summed E-state index contributed by atoms with van der Waals surface area (Å²) >= 11 is 7.18. The van der Waals surface area contributed by atoms with Crippen molar-refractivity contribution in [2.45, 2.75) is 43.4 Å². The third kappa shape index (κ3) is 6.40. The van der Waals surface area contributed by atoms with Gasteiger partial charge in [-0.05, 0) is 43.5 Å². The second-order valence-electron chi connectivity index (χ2n) is 5.24. The van der Waals surface area contributed by atoms with Crippen LogP contribution in [0.25, 0.3) is 0 Å². The molecule has 0 bridgehead atoms. The van der Waals surface area contributed by atoms with Gasteiger partial charge in [0, 0.05) is 9.92 Å². The number of carboxylic acids is 1. The Hall–Kier alpha value is -1.20. The Balaban J connectivity index is 2.60. The van der Waals surface area contributed by atoms with Gasteiger partial charge >= 0.3 is 5.97 Å². The van der Waals surface area contributed by atoms with Crippen LogP contribution in [0.4, 0.5) is 0 Å². The highest BCUT2D eigenvalue weighted by atomic mass is 35.5. The lowest BCUT2D eigenvalue weighted by Gasteiger charge is -2.19. The molecule has 21 heavy (non-hydrogen) atoms. The highest BCUT2D eigenvalue weighted by Gasteiger charge is 2.24. The van der Waals surface area contributed by atoms with Gasteiger partial charge in [-0.1, -0.05) is 25.4 Å². The molecule has 2 atom stereocenters. The second kappa shape index (κ2) is 8.29. The predicted molar refractivity (Wildman–Crippen MR) is 85.8 cm³/mol. The molecule has 0 fully saturated rings. The van der Waals surface area contributed by atoms with Gasteiger partial charge in [-0.25, -0.2) is 4.79 Å². The van der Waals surface area contributed by atoms with Crippen molar-refractivity contribution in [1.82, 2.24) is 5.32 Å². The van der Waals surface area contributed by atoms with E-state index in [-0.39, 0.29) is 17.1 Å². The number of thioether (sulfide) groups is 1. The van der Waals surface area contributed by atoms with E-state index in [1.807, 2.05) is 26.0 Å². The fraction of sp³-hybridized carbons (Fsp3) is 0.467. The Morgan fingerprint density at radius 3 is 2.29 bits per heavy atom. The number of rotatable bonds is 7. The average molecular weight is 330 g/mol. The minimum Gasteiger partial charge on any atom is -0.480 e. The molecule has 0 heterocycles. The number of aliphatic carboxylic acids is 1. The number of benzene rings is 1. The van der Waals surface area contributed by atoms with Crippen LogP contribution in [0.2, 0.25) is 5.02 Å². The van der Waals surface area contributed by atoms with Crippen molar-refractivity contribution < 1.29 is 14.7 Å². The van der Waals surface area contributed by atoms with Crippen LogP contribution in [0.15, 0.2) is 29.2 Å². The number of hydrogen-bond donors (Lipinski definition) is 2. The molecular formula is C15H20ClNO3S. The SMILES string of the molecule is CC(C)CC(NC(=O)C(C)Sc1ccc(Cl)cc1)C(=O)O. The summed E-state index contributed by atoms with van der Waals surface area (Å²) < 4.78 is 0. The lowest BCUT2D eigenvalue weighted by molar-refractivity contribution is -0.142. The van der Waals surface area contributed by atoms with Crippen LogP contribution in [-0.2, 0) is 9.59 Å². The molecule has 2 unspecified atom stereocenters. The first-order chi connectivity index (χ1) is 9.79. The highest BCUT2D eigenvalue weighted by Crippen LogP contribution is 2.25. The summed E-state index contributed by atoms with van der Waals surface area (Å²) in [6.45, 7) is 5.60. The van der Waals surface area contributed by atoms with Crippen molar-refractivity contribution in [2.75, 3.05) is 0 Å². The first-order valence-electron chi connectivity index (χ1n) is 6.75. The zero-order chi connectivity index (χ0) is 16.0. The molecule has 1 aromatic carbocycles. The first kappa shape index (κ1) is 17.9. The average Bonchev–Trinajstić information content (AvgIpc) is 2.39. The van der Waals surface area contributed by atoms with E-state index in [1.54, 1.807) is 19.1 Å². The van der Waals surface area contributed by atoms with Gasteiger partial charge in [-0.15, -0.1) is 11.8 Å². The second-order valence-corrected chi connectivity index (χ2v) is 7.09. The first-order valence-corrected chi connectivity index (χ1v) is 8.00. The molecule has 0 spiro atoms. The molecule has 0 aliphatic rings. The minimum atomic E-state index is -0.999. The summed E-state index contributed by atoms with van der Waals surface area (Å²) in [6.07, 6.45) is 0.416. The summed E-state index contributed by atoms with van der Waals surface area (Å²) in [5.41, 5.74) is 0. The number of carbonyl (C=O) groups is 2. The Kier molecular flexibility index (Phi) is 7.05. The zero-order valence-corrected chi connectivity index (χ0v) is 13.9. The third-order valence-electron chi connectivity index (χ3n) is 2.82. The van der Waals surface area contributed by atoms with Crippen LogP contribution in [0.5, 0.6) is 0 Å². The van der Waals surface area contributed by atoms with E-state index in [4.69, 9.17) is 16.7 Å². The van der Waals surface area contributed by atoms with Gasteiger partial charge in [0.2, 0.25) is 5.91 Å². The van der Waals surface area contributed by atoms with E-state index in [0.717, 1.165) is 4.90 Å². The topological polar surface area (TPSA) is 66.4 Å². The van der Waals surface area contributed by atoms with E-state index in [9.17, 15) is 9.59 Å². The van der Waals surface area contributed by atoms with E-state index in [0.29, 0.717) is 11.4 Å². The molecule has 0 aromatic heterocycles. The Labute approximate surface area is 134 Å². The summed E-state index contributed by atoms with van der Waals surface area (Å²) in [7, 11) is 0. The van der Waals surface area contributed by atoms with Gasteiger partial charge in [0.15, 0.2) is 0 Å². The molecule has 0 aliphatic carbocycles. The van der Waals surface area contributed by atoms with E-state index in [1.165, 1.54) is 11.8 Å². The summed E-state index contributed by atoms with van der Waals surface area (Å²) in [4.78, 5) is 24.2. The minimum absolute atomic E-state index is 0.200. The fourth-order valence-corrected chi connectivity index (χ4v) is 2.76. The fourth-order valence-electron chi connectivity index (χ4n) is 1.75. The summed E-state index contributed by atoms with van der Waals surface area (Å²) in [6, 6.07) is 6.34. The van der Waals surface area contributed by atoms with Gasteiger partial charge in [0.25, 0.3) is 0 Å². The van der Waals surface area contributed by atoms with Gasteiger partial charge in [-0.3, -0.25) is 4.79 Å². The monoisotopic (exact) mass is 329 g/mol. The van der Waals surface area contributed by atoms with Crippen LogP contribution >= 0.6 is 23.4 Å². The maximum atomic E-state index is 12.1. The quantitative estimate of drug-likeness (QED) is 0.752. The summed E-state index contributed by atoms with van der Waals surface area (Å²) in [5, 5.41) is 12.0. The maximum Gasteiger partial charge on any atom is 0.326 e. The molecule has 6 heteroatoms. The molecule has 1 amide bonds. The van der Waals surface area contributed by atoms with Crippen LogP contribution in [0.3, 0.4) is 0 Å². The Bertz CT molecular complexity index is 490. The number of nitrogens with one attached hydrogen (secondary N) is 1. The lowest BCUT2D eigenvalue weighted by Crippen LogP contribution is -2.44. The van der Waals surface area contributed by atoms with Crippen molar-refractivity contribution in [1.29, 1.82) is 0 Å². The molecule has 116 valence electrons. The molecule has 0 saturated heterocycles. The molecule has 0 saturated carbocycles. The molecule has 0 aliphatic heterocycles. The van der Waals surface area contributed by atoms with Gasteiger partial charge in [0.05, 0.1) is 5.25 Å². The lowest BCUT2D eigenvalue weighted by atomic mass is 10.0. The number of halogens is 1. The van der Waals surface area contributed by atoms with Crippen LogP contribution in [-0.4, -0.2) is 28.3 Å². The standard InChI is InChI=1S/C15H20ClNO3S/c1-9(2)8-13(15(19)20)17-14(18)10(3)21-12-6-4-11(16)5-7-12/h4-7,9-10,13H,8H2,1-3H3,(H,17,18)(H,19,20). The number of hydrogen-bond acceptors (Lipinski definition) is 3. The van der Waals surface area contributed by atoms with Gasteiger partial charge < -0.3 is 10.4 Å². The Morgan fingerprint density at radius 2 is 1.81 bits per heavy atom. The van der Waals surface area contributed by atoms with Crippen LogP contribution < -0.4 is 5.32 Å². The molecule has 1 aromatic rings. The zero-order valence-electron chi connectivity index (χ0n) is 12.3.